The lowest BCUT2D eigenvalue weighted by Crippen LogP contribution is -2.50. The van der Waals surface area contributed by atoms with E-state index in [1.807, 2.05) is 18.3 Å². The number of fused-ring (bicyclic) bond motifs is 1. The van der Waals surface area contributed by atoms with Gasteiger partial charge in [0, 0.05) is 11.9 Å². The lowest BCUT2D eigenvalue weighted by atomic mass is 10.1. The van der Waals surface area contributed by atoms with E-state index in [-0.39, 0.29) is 12.1 Å². The summed E-state index contributed by atoms with van der Waals surface area (Å²) in [5, 5.41) is 16.5. The van der Waals surface area contributed by atoms with E-state index >= 15 is 0 Å². The molecule has 1 unspecified atom stereocenters. The van der Waals surface area contributed by atoms with Crippen molar-refractivity contribution in [1.82, 2.24) is 30.8 Å². The van der Waals surface area contributed by atoms with Gasteiger partial charge in [0.15, 0.2) is 0 Å². The first-order valence-corrected chi connectivity index (χ1v) is 12.3. The lowest BCUT2D eigenvalue weighted by molar-refractivity contribution is -0.142. The number of carbonyl (C=O) groups excluding carboxylic acids is 3. The molecule has 0 saturated heterocycles. The van der Waals surface area contributed by atoms with E-state index in [1.165, 1.54) is 12.7 Å². The van der Waals surface area contributed by atoms with E-state index in [9.17, 15) is 14.4 Å². The highest BCUT2D eigenvalue weighted by Gasteiger charge is 2.26. The number of benzene rings is 1. The number of rotatable bonds is 10. The maximum absolute atomic E-state index is 13.0. The van der Waals surface area contributed by atoms with Crippen LogP contribution >= 0.6 is 0 Å². The molecule has 3 aromatic rings. The molecule has 0 radical (unpaired) electrons. The van der Waals surface area contributed by atoms with E-state index in [0.29, 0.717) is 23.9 Å². The van der Waals surface area contributed by atoms with Crippen LogP contribution in [0.5, 0.6) is 0 Å². The van der Waals surface area contributed by atoms with Crippen LogP contribution in [0, 0.1) is 13.8 Å². The Morgan fingerprint density at radius 3 is 2.47 bits per heavy atom. The first-order chi connectivity index (χ1) is 18.0. The van der Waals surface area contributed by atoms with Crippen LogP contribution in [0.2, 0.25) is 0 Å². The number of hydrogen-bond acceptors (Lipinski definition) is 9. The molecule has 4 N–H and O–H groups in total. The number of H-pyrrole nitrogens is 1. The molecular weight excluding hydrogens is 490 g/mol. The van der Waals surface area contributed by atoms with Crippen molar-refractivity contribution in [1.29, 1.82) is 0 Å². The minimum atomic E-state index is -1.13. The predicted octanol–water partition coefficient (Wildman–Crippen LogP) is 2.81. The van der Waals surface area contributed by atoms with Gasteiger partial charge in [-0.15, -0.1) is 0 Å². The number of aromatic amines is 1. The van der Waals surface area contributed by atoms with Crippen molar-refractivity contribution in [2.45, 2.75) is 59.1 Å². The molecule has 1 aromatic carbocycles. The van der Waals surface area contributed by atoms with Gasteiger partial charge in [-0.3, -0.25) is 9.89 Å². The average Bonchev–Trinajstić information content (AvgIpc) is 3.32. The summed E-state index contributed by atoms with van der Waals surface area (Å²) in [4.78, 5) is 46.1. The zero-order chi connectivity index (χ0) is 27.9. The summed E-state index contributed by atoms with van der Waals surface area (Å²) < 4.78 is 9.95. The largest absolute Gasteiger partial charge is 0.467 e. The average molecular weight is 526 g/mol. The molecule has 2 aromatic heterocycles. The summed E-state index contributed by atoms with van der Waals surface area (Å²) in [6.07, 6.45) is 2.82. The fourth-order valence-corrected chi connectivity index (χ4v) is 3.92. The molecule has 204 valence electrons. The molecule has 2 amide bonds. The van der Waals surface area contributed by atoms with Crippen LogP contribution in [0.3, 0.4) is 0 Å². The number of esters is 1. The second kappa shape index (κ2) is 12.3. The summed E-state index contributed by atoms with van der Waals surface area (Å²) in [6, 6.07) is 4.95. The third-order valence-corrected chi connectivity index (χ3v) is 5.62. The number of ether oxygens (including phenoxy) is 2. The highest BCUT2D eigenvalue weighted by atomic mass is 16.6. The monoisotopic (exact) mass is 525 g/mol. The summed E-state index contributed by atoms with van der Waals surface area (Å²) >= 11 is 0. The van der Waals surface area contributed by atoms with Gasteiger partial charge in [-0.2, -0.15) is 5.10 Å². The van der Waals surface area contributed by atoms with Crippen LogP contribution in [-0.4, -0.2) is 70.0 Å². The number of nitrogens with one attached hydrogen (secondary N) is 4. The second-order valence-electron chi connectivity index (χ2n) is 9.80. The Bertz CT molecular complexity index is 1280. The normalized spacial score (nSPS) is 12.1. The Kier molecular flexibility index (Phi) is 9.21. The maximum Gasteiger partial charge on any atom is 0.407 e. The molecule has 0 saturated carbocycles. The van der Waals surface area contributed by atoms with Crippen LogP contribution in [-0.2, 0) is 20.7 Å². The number of methoxy groups -OCH3 is 1. The van der Waals surface area contributed by atoms with Gasteiger partial charge in [-0.25, -0.2) is 19.6 Å². The first kappa shape index (κ1) is 28.4. The summed E-state index contributed by atoms with van der Waals surface area (Å²) in [6.45, 7) is 8.98. The van der Waals surface area contributed by atoms with Gasteiger partial charge < -0.3 is 25.4 Å². The van der Waals surface area contributed by atoms with Crippen LogP contribution in [0.1, 0.15) is 54.5 Å². The molecule has 0 aliphatic carbocycles. The van der Waals surface area contributed by atoms with Crippen molar-refractivity contribution in [2.24, 2.45) is 0 Å². The van der Waals surface area contributed by atoms with Crippen LogP contribution in [0.4, 0.5) is 10.7 Å². The number of aryl methyl sites for hydroxylation is 3. The number of anilines is 1. The molecule has 0 aliphatic rings. The van der Waals surface area contributed by atoms with Crippen molar-refractivity contribution in [3.05, 3.63) is 46.9 Å². The Labute approximate surface area is 221 Å². The summed E-state index contributed by atoms with van der Waals surface area (Å²) in [5.41, 5.74) is 2.65. The van der Waals surface area contributed by atoms with Crippen LogP contribution in [0.25, 0.3) is 10.9 Å². The third-order valence-electron chi connectivity index (χ3n) is 5.62. The van der Waals surface area contributed by atoms with E-state index < -0.39 is 29.6 Å². The third kappa shape index (κ3) is 7.64. The number of amides is 2. The molecule has 0 spiro atoms. The Morgan fingerprint density at radius 2 is 1.82 bits per heavy atom. The fourth-order valence-electron chi connectivity index (χ4n) is 3.92. The molecular formula is C26H35N7O5. The smallest absolute Gasteiger partial charge is 0.407 e. The van der Waals surface area contributed by atoms with E-state index in [2.05, 4.69) is 42.2 Å². The van der Waals surface area contributed by atoms with Crippen LogP contribution in [0.15, 0.2) is 24.4 Å². The van der Waals surface area contributed by atoms with Crippen LogP contribution < -0.4 is 16.0 Å². The zero-order valence-corrected chi connectivity index (χ0v) is 22.6. The van der Waals surface area contributed by atoms with Gasteiger partial charge in [-0.1, -0.05) is 12.1 Å². The molecule has 12 nitrogen and oxygen atoms in total. The Morgan fingerprint density at radius 1 is 1.11 bits per heavy atom. The topological polar surface area (TPSA) is 160 Å². The van der Waals surface area contributed by atoms with Crippen molar-refractivity contribution in [3.63, 3.8) is 0 Å². The number of hydrogen-bond donors (Lipinski definition) is 4. The quantitative estimate of drug-likeness (QED) is 0.230. The zero-order valence-electron chi connectivity index (χ0n) is 22.6. The molecule has 3 rings (SSSR count). The van der Waals surface area contributed by atoms with Gasteiger partial charge in [0.1, 0.15) is 11.6 Å². The van der Waals surface area contributed by atoms with Gasteiger partial charge in [0.2, 0.25) is 5.95 Å². The summed E-state index contributed by atoms with van der Waals surface area (Å²) in [5.74, 6) is -0.856. The van der Waals surface area contributed by atoms with E-state index in [4.69, 9.17) is 9.47 Å². The SMILES string of the molecule is COC(=O)C(CNC(=O)OC(C)(C)C)NC(=O)c1c(C)nc(NCCCc2cccc3[nH]ncc23)nc1C. The van der Waals surface area contributed by atoms with Crippen molar-refractivity contribution < 1.29 is 23.9 Å². The fraction of sp³-hybridized carbons (Fsp3) is 0.462. The molecule has 12 heteroatoms. The first-order valence-electron chi connectivity index (χ1n) is 12.3. The molecule has 2 heterocycles. The van der Waals surface area contributed by atoms with Crippen molar-refractivity contribution in [2.75, 3.05) is 25.5 Å². The Hall–Kier alpha value is -4.22. The lowest BCUT2D eigenvalue weighted by Gasteiger charge is -2.22. The number of carbonyl (C=O) groups is 3. The highest BCUT2D eigenvalue weighted by molar-refractivity contribution is 5.98. The van der Waals surface area contributed by atoms with Crippen molar-refractivity contribution >= 4 is 34.8 Å². The predicted molar refractivity (Wildman–Crippen MR) is 142 cm³/mol. The number of nitrogens with zero attached hydrogens (tertiary/aromatic N) is 3. The van der Waals surface area contributed by atoms with Gasteiger partial charge in [-0.05, 0) is 59.1 Å². The molecule has 0 aliphatic heterocycles. The van der Waals surface area contributed by atoms with E-state index in [0.717, 1.165) is 23.7 Å². The Balaban J connectivity index is 1.59. The molecule has 38 heavy (non-hydrogen) atoms. The number of aromatic nitrogens is 4. The van der Waals surface area contributed by atoms with Gasteiger partial charge >= 0.3 is 12.1 Å². The van der Waals surface area contributed by atoms with E-state index in [1.54, 1.807) is 34.6 Å². The molecule has 0 fully saturated rings. The minimum absolute atomic E-state index is 0.210. The van der Waals surface area contributed by atoms with Crippen molar-refractivity contribution in [3.8, 4) is 0 Å². The second-order valence-corrected chi connectivity index (χ2v) is 9.80. The molecule has 1 atom stereocenters. The molecule has 0 bridgehead atoms. The highest BCUT2D eigenvalue weighted by Crippen LogP contribution is 2.18. The number of alkyl carbamates (subject to hydrolysis) is 1. The van der Waals surface area contributed by atoms with Gasteiger partial charge in [0.05, 0.1) is 42.3 Å². The standard InChI is InChI=1S/C26H35N7O5/c1-15-21(22(34)32-20(23(35)37-6)14-28-25(36)38-26(3,4)5)16(2)31-24(30-15)27-12-8-10-17-9-7-11-19-18(17)13-29-33-19/h7,9,11,13,20H,8,10,12,14H2,1-6H3,(H,28,36)(H,29,33)(H,32,34)(H,27,30,31). The summed E-state index contributed by atoms with van der Waals surface area (Å²) in [7, 11) is 1.20. The minimum Gasteiger partial charge on any atom is -0.467 e. The van der Waals surface area contributed by atoms with Gasteiger partial charge in [0.25, 0.3) is 5.91 Å². The maximum atomic E-state index is 13.0.